The number of ether oxygens (including phenoxy) is 1. The van der Waals surface area contributed by atoms with Crippen LogP contribution in [0.15, 0.2) is 0 Å². The maximum Gasteiger partial charge on any atom is 0.0661 e. The molecule has 3 saturated carbocycles. The Morgan fingerprint density at radius 2 is 1.90 bits per heavy atom. The SMILES string of the molecule is CCOC1CC(NCC2CCCC2C)C12CCCCC2. The summed E-state index contributed by atoms with van der Waals surface area (Å²) in [6.07, 6.45) is 13.2. The van der Waals surface area contributed by atoms with Crippen LogP contribution in [0.4, 0.5) is 0 Å². The number of hydrogen-bond acceptors (Lipinski definition) is 2. The van der Waals surface area contributed by atoms with Crippen LogP contribution < -0.4 is 5.32 Å². The minimum absolute atomic E-state index is 0.496. The quantitative estimate of drug-likeness (QED) is 0.816. The van der Waals surface area contributed by atoms with Crippen LogP contribution in [0, 0.1) is 17.3 Å². The number of rotatable bonds is 5. The van der Waals surface area contributed by atoms with Gasteiger partial charge in [-0.15, -0.1) is 0 Å². The zero-order valence-electron chi connectivity index (χ0n) is 13.5. The molecule has 3 rings (SSSR count). The molecule has 0 aromatic heterocycles. The maximum atomic E-state index is 6.05. The van der Waals surface area contributed by atoms with Crippen molar-refractivity contribution in [3.05, 3.63) is 0 Å². The highest BCUT2D eigenvalue weighted by atomic mass is 16.5. The van der Waals surface area contributed by atoms with Crippen molar-refractivity contribution in [3.8, 4) is 0 Å². The van der Waals surface area contributed by atoms with Crippen molar-refractivity contribution in [1.82, 2.24) is 5.32 Å². The van der Waals surface area contributed by atoms with Crippen LogP contribution in [0.3, 0.4) is 0 Å². The first-order chi connectivity index (χ1) is 9.76. The highest BCUT2D eigenvalue weighted by Crippen LogP contribution is 2.53. The summed E-state index contributed by atoms with van der Waals surface area (Å²) >= 11 is 0. The molecule has 0 bridgehead atoms. The van der Waals surface area contributed by atoms with Crippen LogP contribution in [0.5, 0.6) is 0 Å². The molecule has 0 amide bonds. The van der Waals surface area contributed by atoms with Crippen molar-refractivity contribution in [2.75, 3.05) is 13.2 Å². The monoisotopic (exact) mass is 279 g/mol. The van der Waals surface area contributed by atoms with E-state index in [0.29, 0.717) is 11.5 Å². The third-order valence-corrected chi connectivity index (χ3v) is 6.60. The Hall–Kier alpha value is -0.0800. The Bertz CT molecular complexity index is 311. The van der Waals surface area contributed by atoms with Crippen LogP contribution in [-0.4, -0.2) is 25.3 Å². The molecule has 20 heavy (non-hydrogen) atoms. The minimum Gasteiger partial charge on any atom is -0.378 e. The molecule has 0 aliphatic heterocycles. The van der Waals surface area contributed by atoms with Crippen LogP contribution in [-0.2, 0) is 4.74 Å². The molecule has 3 aliphatic carbocycles. The first-order valence-electron chi connectivity index (χ1n) is 9.11. The Labute approximate surface area is 125 Å². The Morgan fingerprint density at radius 1 is 1.10 bits per heavy atom. The van der Waals surface area contributed by atoms with E-state index in [9.17, 15) is 0 Å². The van der Waals surface area contributed by atoms with Crippen molar-refractivity contribution in [1.29, 1.82) is 0 Å². The molecule has 3 fully saturated rings. The van der Waals surface area contributed by atoms with Gasteiger partial charge in [0.1, 0.15) is 0 Å². The van der Waals surface area contributed by atoms with Crippen molar-refractivity contribution in [2.24, 2.45) is 17.3 Å². The molecular weight excluding hydrogens is 246 g/mol. The van der Waals surface area contributed by atoms with Gasteiger partial charge in [-0.05, 0) is 51.0 Å². The van der Waals surface area contributed by atoms with E-state index in [4.69, 9.17) is 4.74 Å². The lowest BCUT2D eigenvalue weighted by Crippen LogP contribution is -2.65. The van der Waals surface area contributed by atoms with E-state index in [1.165, 1.54) is 64.3 Å². The molecule has 0 saturated heterocycles. The Morgan fingerprint density at radius 3 is 2.55 bits per heavy atom. The predicted octanol–water partition coefficient (Wildman–Crippen LogP) is 4.14. The van der Waals surface area contributed by atoms with Gasteiger partial charge in [-0.1, -0.05) is 39.0 Å². The molecule has 1 spiro atoms. The molecule has 0 heterocycles. The molecule has 3 aliphatic rings. The van der Waals surface area contributed by atoms with Gasteiger partial charge in [0.25, 0.3) is 0 Å². The predicted molar refractivity (Wildman–Crippen MR) is 83.8 cm³/mol. The first kappa shape index (κ1) is 14.8. The molecular formula is C18H33NO. The van der Waals surface area contributed by atoms with E-state index in [1.807, 2.05) is 0 Å². The van der Waals surface area contributed by atoms with Crippen molar-refractivity contribution in [2.45, 2.75) is 83.8 Å². The summed E-state index contributed by atoms with van der Waals surface area (Å²) in [5.74, 6) is 1.87. The van der Waals surface area contributed by atoms with Gasteiger partial charge in [0.15, 0.2) is 0 Å². The number of nitrogens with one attached hydrogen (secondary N) is 1. The van der Waals surface area contributed by atoms with E-state index in [-0.39, 0.29) is 0 Å². The smallest absolute Gasteiger partial charge is 0.0661 e. The Balaban J connectivity index is 1.55. The van der Waals surface area contributed by atoms with E-state index >= 15 is 0 Å². The van der Waals surface area contributed by atoms with Gasteiger partial charge in [0.05, 0.1) is 6.10 Å². The summed E-state index contributed by atoms with van der Waals surface area (Å²) in [5, 5.41) is 3.96. The van der Waals surface area contributed by atoms with Crippen molar-refractivity contribution < 1.29 is 4.74 Å². The summed E-state index contributed by atoms with van der Waals surface area (Å²) in [5.41, 5.74) is 0.496. The highest BCUT2D eigenvalue weighted by molar-refractivity contribution is 5.09. The second-order valence-electron chi connectivity index (χ2n) is 7.60. The molecule has 2 nitrogen and oxygen atoms in total. The normalized spacial score (nSPS) is 39.9. The van der Waals surface area contributed by atoms with E-state index < -0.39 is 0 Å². The van der Waals surface area contributed by atoms with Crippen molar-refractivity contribution in [3.63, 3.8) is 0 Å². The lowest BCUT2D eigenvalue weighted by atomic mass is 9.55. The molecule has 0 aromatic rings. The lowest BCUT2D eigenvalue weighted by molar-refractivity contribution is -0.150. The van der Waals surface area contributed by atoms with Crippen LogP contribution in [0.25, 0.3) is 0 Å². The van der Waals surface area contributed by atoms with Gasteiger partial charge in [0, 0.05) is 18.1 Å². The van der Waals surface area contributed by atoms with Gasteiger partial charge >= 0.3 is 0 Å². The van der Waals surface area contributed by atoms with Gasteiger partial charge in [0.2, 0.25) is 0 Å². The Kier molecular flexibility index (Phi) is 4.72. The average Bonchev–Trinajstić information content (AvgIpc) is 2.88. The summed E-state index contributed by atoms with van der Waals surface area (Å²) in [7, 11) is 0. The summed E-state index contributed by atoms with van der Waals surface area (Å²) in [6, 6.07) is 0.743. The molecule has 0 radical (unpaired) electrons. The average molecular weight is 279 g/mol. The van der Waals surface area contributed by atoms with Crippen molar-refractivity contribution >= 4 is 0 Å². The highest BCUT2D eigenvalue weighted by Gasteiger charge is 2.55. The largest absolute Gasteiger partial charge is 0.378 e. The zero-order valence-corrected chi connectivity index (χ0v) is 13.5. The standard InChI is InChI=1S/C18H33NO/c1-3-20-17-12-16(18(17)10-5-4-6-11-18)19-13-15-9-7-8-14(15)2/h14-17,19H,3-13H2,1-2H3. The first-order valence-corrected chi connectivity index (χ1v) is 9.11. The fourth-order valence-corrected chi connectivity index (χ4v) is 5.17. The second-order valence-corrected chi connectivity index (χ2v) is 7.60. The van der Waals surface area contributed by atoms with Gasteiger partial charge in [-0.2, -0.15) is 0 Å². The summed E-state index contributed by atoms with van der Waals surface area (Å²) in [4.78, 5) is 0. The molecule has 0 aromatic carbocycles. The third kappa shape index (κ3) is 2.66. The van der Waals surface area contributed by atoms with Gasteiger partial charge < -0.3 is 10.1 Å². The van der Waals surface area contributed by atoms with Gasteiger partial charge in [-0.25, -0.2) is 0 Å². The maximum absolute atomic E-state index is 6.05. The fourth-order valence-electron chi connectivity index (χ4n) is 5.17. The van der Waals surface area contributed by atoms with E-state index in [0.717, 1.165) is 24.5 Å². The second kappa shape index (κ2) is 6.36. The number of hydrogen-bond donors (Lipinski definition) is 1. The van der Waals surface area contributed by atoms with E-state index in [1.54, 1.807) is 0 Å². The fraction of sp³-hybridized carbons (Fsp3) is 1.00. The molecule has 116 valence electrons. The lowest BCUT2D eigenvalue weighted by Gasteiger charge is -2.58. The molecule has 2 heteroatoms. The van der Waals surface area contributed by atoms with Gasteiger partial charge in [-0.3, -0.25) is 0 Å². The molecule has 4 unspecified atom stereocenters. The summed E-state index contributed by atoms with van der Waals surface area (Å²) in [6.45, 7) is 6.74. The van der Waals surface area contributed by atoms with Crippen LogP contribution in [0.2, 0.25) is 0 Å². The summed E-state index contributed by atoms with van der Waals surface area (Å²) < 4.78 is 6.05. The van der Waals surface area contributed by atoms with E-state index in [2.05, 4.69) is 19.2 Å². The van der Waals surface area contributed by atoms with Crippen LogP contribution in [0.1, 0.15) is 71.6 Å². The molecule has 1 N–H and O–H groups in total. The third-order valence-electron chi connectivity index (χ3n) is 6.60. The minimum atomic E-state index is 0.496. The zero-order chi connectivity index (χ0) is 14.0. The molecule has 4 atom stereocenters. The van der Waals surface area contributed by atoms with Crippen LogP contribution >= 0.6 is 0 Å². The topological polar surface area (TPSA) is 21.3 Å².